The number of benzene rings is 1. The lowest BCUT2D eigenvalue weighted by atomic mass is 10.2. The van der Waals surface area contributed by atoms with Crippen LogP contribution in [0.25, 0.3) is 10.2 Å². The minimum absolute atomic E-state index is 0.00691. The molecule has 1 amide bonds. The van der Waals surface area contributed by atoms with Gasteiger partial charge < -0.3 is 4.90 Å². The van der Waals surface area contributed by atoms with E-state index < -0.39 is 0 Å². The molecule has 1 aliphatic rings. The van der Waals surface area contributed by atoms with Crippen molar-refractivity contribution in [3.05, 3.63) is 57.0 Å². The molecule has 0 radical (unpaired) electrons. The quantitative estimate of drug-likeness (QED) is 0.684. The molecule has 27 heavy (non-hydrogen) atoms. The lowest BCUT2D eigenvalue weighted by molar-refractivity contribution is 0.0991. The van der Waals surface area contributed by atoms with E-state index in [1.54, 1.807) is 4.90 Å². The van der Waals surface area contributed by atoms with Gasteiger partial charge in [-0.1, -0.05) is 24.6 Å². The fourth-order valence-electron chi connectivity index (χ4n) is 3.79. The van der Waals surface area contributed by atoms with Gasteiger partial charge >= 0.3 is 0 Å². The zero-order valence-corrected chi connectivity index (χ0v) is 16.5. The Balaban J connectivity index is 1.83. The van der Waals surface area contributed by atoms with E-state index in [1.165, 1.54) is 11.3 Å². The minimum Gasteiger partial charge on any atom is -0.308 e. The number of thiophene rings is 1. The molecule has 0 spiro atoms. The fraction of sp³-hybridized carbons (Fsp3) is 0.381. The first kappa shape index (κ1) is 17.9. The van der Waals surface area contributed by atoms with Gasteiger partial charge in [-0.25, -0.2) is 4.98 Å². The SMILES string of the molecule is CCN(C(=O)c1sc2nc3n(c(=O)c2c1C)CCCCC3)c1ccccc1. The van der Waals surface area contributed by atoms with Crippen LogP contribution in [0.3, 0.4) is 0 Å². The Kier molecular flexibility index (Phi) is 4.83. The second-order valence-electron chi connectivity index (χ2n) is 6.92. The van der Waals surface area contributed by atoms with Crippen molar-refractivity contribution < 1.29 is 4.79 Å². The van der Waals surface area contributed by atoms with Crippen LogP contribution < -0.4 is 10.5 Å². The van der Waals surface area contributed by atoms with Gasteiger partial charge in [0.1, 0.15) is 10.7 Å². The van der Waals surface area contributed by atoms with Crippen LogP contribution in [0.2, 0.25) is 0 Å². The van der Waals surface area contributed by atoms with E-state index in [9.17, 15) is 9.59 Å². The monoisotopic (exact) mass is 381 g/mol. The van der Waals surface area contributed by atoms with Crippen molar-refractivity contribution in [1.29, 1.82) is 0 Å². The molecular formula is C21H23N3O2S. The lowest BCUT2D eigenvalue weighted by Crippen LogP contribution is -2.30. The van der Waals surface area contributed by atoms with Crippen molar-refractivity contribution in [3.8, 4) is 0 Å². The number of amides is 1. The van der Waals surface area contributed by atoms with Gasteiger partial charge in [0.15, 0.2) is 0 Å². The maximum Gasteiger partial charge on any atom is 0.268 e. The normalized spacial score (nSPS) is 14.0. The molecular weight excluding hydrogens is 358 g/mol. The first-order valence-electron chi connectivity index (χ1n) is 9.51. The molecule has 1 aliphatic heterocycles. The molecule has 3 heterocycles. The van der Waals surface area contributed by atoms with Crippen molar-refractivity contribution in [3.63, 3.8) is 0 Å². The molecule has 0 bridgehead atoms. The highest BCUT2D eigenvalue weighted by Crippen LogP contribution is 2.30. The topological polar surface area (TPSA) is 55.2 Å². The Morgan fingerprint density at radius 1 is 1.22 bits per heavy atom. The molecule has 0 saturated heterocycles. The van der Waals surface area contributed by atoms with Gasteiger partial charge in [0, 0.05) is 25.2 Å². The minimum atomic E-state index is -0.0659. The molecule has 0 fully saturated rings. The molecule has 1 aromatic carbocycles. The molecule has 0 unspecified atom stereocenters. The van der Waals surface area contributed by atoms with Gasteiger partial charge in [0.25, 0.3) is 11.5 Å². The number of fused-ring (bicyclic) bond motifs is 2. The number of aryl methyl sites for hydroxylation is 2. The third-order valence-corrected chi connectivity index (χ3v) is 6.41. The number of para-hydroxylation sites is 1. The molecule has 0 N–H and O–H groups in total. The van der Waals surface area contributed by atoms with Crippen LogP contribution >= 0.6 is 11.3 Å². The fourth-order valence-corrected chi connectivity index (χ4v) is 4.93. The molecule has 4 rings (SSSR count). The summed E-state index contributed by atoms with van der Waals surface area (Å²) in [6.45, 7) is 5.13. The van der Waals surface area contributed by atoms with Crippen LogP contribution in [-0.2, 0) is 13.0 Å². The van der Waals surface area contributed by atoms with Gasteiger partial charge in [0.2, 0.25) is 0 Å². The number of anilines is 1. The summed E-state index contributed by atoms with van der Waals surface area (Å²) >= 11 is 1.35. The van der Waals surface area contributed by atoms with Crippen LogP contribution in [0.4, 0.5) is 5.69 Å². The summed E-state index contributed by atoms with van der Waals surface area (Å²) in [5.41, 5.74) is 1.63. The third kappa shape index (κ3) is 3.08. The number of rotatable bonds is 3. The summed E-state index contributed by atoms with van der Waals surface area (Å²) in [6.07, 6.45) is 4.02. The zero-order chi connectivity index (χ0) is 19.0. The first-order valence-corrected chi connectivity index (χ1v) is 10.3. The third-order valence-electron chi connectivity index (χ3n) is 5.23. The highest BCUT2D eigenvalue weighted by atomic mass is 32.1. The molecule has 0 saturated carbocycles. The van der Waals surface area contributed by atoms with E-state index in [0.717, 1.165) is 49.3 Å². The summed E-state index contributed by atoms with van der Waals surface area (Å²) in [5, 5.41) is 0.609. The second-order valence-corrected chi connectivity index (χ2v) is 7.92. The van der Waals surface area contributed by atoms with Crippen molar-refractivity contribution in [2.45, 2.75) is 46.1 Å². The molecule has 0 atom stereocenters. The summed E-state index contributed by atoms with van der Waals surface area (Å²) < 4.78 is 1.82. The number of nitrogens with zero attached hydrogens (tertiary/aromatic N) is 3. The van der Waals surface area contributed by atoms with Crippen molar-refractivity contribution in [2.24, 2.45) is 0 Å². The van der Waals surface area contributed by atoms with Crippen LogP contribution in [0, 0.1) is 6.92 Å². The van der Waals surface area contributed by atoms with Crippen LogP contribution in [0.15, 0.2) is 35.1 Å². The van der Waals surface area contributed by atoms with E-state index in [4.69, 9.17) is 4.98 Å². The maximum atomic E-state index is 13.3. The average Bonchev–Trinajstić information content (AvgIpc) is 2.85. The maximum absolute atomic E-state index is 13.3. The molecule has 140 valence electrons. The number of carbonyl (C=O) groups excluding carboxylic acids is 1. The van der Waals surface area contributed by atoms with Crippen LogP contribution in [-0.4, -0.2) is 22.0 Å². The van der Waals surface area contributed by atoms with Crippen molar-refractivity contribution >= 4 is 33.1 Å². The first-order chi connectivity index (χ1) is 13.1. The van der Waals surface area contributed by atoms with Gasteiger partial charge in [0.05, 0.1) is 10.3 Å². The molecule has 5 nitrogen and oxygen atoms in total. The molecule has 3 aromatic rings. The highest BCUT2D eigenvalue weighted by molar-refractivity contribution is 7.20. The molecule has 0 aliphatic carbocycles. The zero-order valence-electron chi connectivity index (χ0n) is 15.7. The van der Waals surface area contributed by atoms with E-state index in [1.807, 2.05) is 48.7 Å². The van der Waals surface area contributed by atoms with E-state index in [-0.39, 0.29) is 11.5 Å². The predicted octanol–water partition coefficient (Wildman–Crippen LogP) is 4.16. The van der Waals surface area contributed by atoms with E-state index in [2.05, 4.69) is 0 Å². The van der Waals surface area contributed by atoms with Crippen molar-refractivity contribution in [1.82, 2.24) is 9.55 Å². The van der Waals surface area contributed by atoms with Crippen molar-refractivity contribution in [2.75, 3.05) is 11.4 Å². The average molecular weight is 382 g/mol. The van der Waals surface area contributed by atoms with Gasteiger partial charge in [-0.2, -0.15) is 0 Å². The largest absolute Gasteiger partial charge is 0.308 e. The number of hydrogen-bond donors (Lipinski definition) is 0. The summed E-state index contributed by atoms with van der Waals surface area (Å²) in [6, 6.07) is 9.64. The number of carbonyl (C=O) groups is 1. The standard InChI is InChI=1S/C21H23N3O2S/c1-3-23(15-10-6-4-7-11-15)21(26)18-14(2)17-19(27-18)22-16-12-8-5-9-13-24(16)20(17)25/h4,6-7,10-11H,3,5,8-9,12-13H2,1-2H3. The van der Waals surface area contributed by atoms with Crippen LogP contribution in [0.5, 0.6) is 0 Å². The number of aromatic nitrogens is 2. The van der Waals surface area contributed by atoms with Gasteiger partial charge in [-0.3, -0.25) is 14.2 Å². The summed E-state index contributed by atoms with van der Waals surface area (Å²) in [7, 11) is 0. The Morgan fingerprint density at radius 2 is 2.00 bits per heavy atom. The lowest BCUT2D eigenvalue weighted by Gasteiger charge is -2.20. The van der Waals surface area contributed by atoms with Gasteiger partial charge in [-0.15, -0.1) is 11.3 Å². The second kappa shape index (κ2) is 7.27. The Morgan fingerprint density at radius 3 is 2.74 bits per heavy atom. The van der Waals surface area contributed by atoms with E-state index in [0.29, 0.717) is 21.6 Å². The molecule has 6 heteroatoms. The highest BCUT2D eigenvalue weighted by Gasteiger charge is 2.25. The number of hydrogen-bond acceptors (Lipinski definition) is 4. The van der Waals surface area contributed by atoms with Crippen LogP contribution in [0.1, 0.15) is 47.2 Å². The Hall–Kier alpha value is -2.47. The predicted molar refractivity (Wildman–Crippen MR) is 110 cm³/mol. The smallest absolute Gasteiger partial charge is 0.268 e. The Bertz CT molecular complexity index is 1050. The summed E-state index contributed by atoms with van der Waals surface area (Å²) in [4.78, 5) is 34.2. The summed E-state index contributed by atoms with van der Waals surface area (Å²) in [5.74, 6) is 0.796. The van der Waals surface area contributed by atoms with Gasteiger partial charge in [-0.05, 0) is 44.4 Å². The Labute approximate surface area is 162 Å². The van der Waals surface area contributed by atoms with E-state index >= 15 is 0 Å². The molecule has 2 aromatic heterocycles.